The van der Waals surface area contributed by atoms with Gasteiger partial charge in [-0.3, -0.25) is 4.90 Å². The maximum absolute atomic E-state index is 3.61. The van der Waals surface area contributed by atoms with Crippen LogP contribution >= 0.6 is 11.3 Å². The number of hydrogen-bond acceptors (Lipinski definition) is 3. The molecule has 1 N–H and O–H groups in total. The fourth-order valence-corrected chi connectivity index (χ4v) is 4.06. The van der Waals surface area contributed by atoms with Crippen LogP contribution in [0.15, 0.2) is 17.5 Å². The summed E-state index contributed by atoms with van der Waals surface area (Å²) >= 11 is 1.90. The molecule has 0 aromatic carbocycles. The second-order valence-electron chi connectivity index (χ2n) is 5.77. The summed E-state index contributed by atoms with van der Waals surface area (Å²) in [6.07, 6.45) is 1.23. The van der Waals surface area contributed by atoms with Gasteiger partial charge in [0.15, 0.2) is 0 Å². The lowest BCUT2D eigenvalue weighted by Gasteiger charge is -2.45. The number of nitrogens with one attached hydrogen (secondary N) is 1. The third-order valence-corrected chi connectivity index (χ3v) is 4.89. The van der Waals surface area contributed by atoms with Crippen LogP contribution in [0, 0.1) is 5.92 Å². The first-order valence-electron chi connectivity index (χ1n) is 7.16. The molecule has 3 atom stereocenters. The molecule has 1 aliphatic heterocycles. The maximum Gasteiger partial charge on any atom is 0.0468 e. The van der Waals surface area contributed by atoms with Crippen molar-refractivity contribution < 1.29 is 0 Å². The Morgan fingerprint density at radius 3 is 2.83 bits per heavy atom. The molecule has 102 valence electrons. The van der Waals surface area contributed by atoms with Crippen LogP contribution in [-0.4, -0.2) is 30.1 Å². The van der Waals surface area contributed by atoms with E-state index in [4.69, 9.17) is 0 Å². The van der Waals surface area contributed by atoms with Gasteiger partial charge < -0.3 is 5.32 Å². The van der Waals surface area contributed by atoms with Gasteiger partial charge in [-0.1, -0.05) is 26.8 Å². The first kappa shape index (κ1) is 14.0. The zero-order chi connectivity index (χ0) is 13.1. The van der Waals surface area contributed by atoms with Crippen molar-refractivity contribution in [3.8, 4) is 0 Å². The summed E-state index contributed by atoms with van der Waals surface area (Å²) in [5.41, 5.74) is 0. The van der Waals surface area contributed by atoms with Crippen molar-refractivity contribution in [3.63, 3.8) is 0 Å². The molecule has 1 aromatic heterocycles. The molecule has 2 rings (SSSR count). The van der Waals surface area contributed by atoms with E-state index in [1.165, 1.54) is 17.8 Å². The minimum atomic E-state index is 0.583. The molecule has 3 heteroatoms. The highest BCUT2D eigenvalue weighted by molar-refractivity contribution is 7.10. The van der Waals surface area contributed by atoms with Gasteiger partial charge in [0.05, 0.1) is 0 Å². The van der Waals surface area contributed by atoms with Crippen molar-refractivity contribution in [2.24, 2.45) is 5.92 Å². The Morgan fingerprint density at radius 2 is 2.28 bits per heavy atom. The lowest BCUT2D eigenvalue weighted by molar-refractivity contribution is 0.0607. The Morgan fingerprint density at radius 1 is 1.50 bits per heavy atom. The fourth-order valence-electron chi connectivity index (χ4n) is 3.04. The highest BCUT2D eigenvalue weighted by Gasteiger charge is 2.33. The van der Waals surface area contributed by atoms with Crippen molar-refractivity contribution in [2.75, 3.05) is 13.1 Å². The fraction of sp³-hybridized carbons (Fsp3) is 0.733. The quantitative estimate of drug-likeness (QED) is 0.897. The van der Waals surface area contributed by atoms with Gasteiger partial charge in [0.2, 0.25) is 0 Å². The van der Waals surface area contributed by atoms with Crippen LogP contribution in [0.5, 0.6) is 0 Å². The van der Waals surface area contributed by atoms with Gasteiger partial charge in [0, 0.05) is 36.1 Å². The molecular weight excluding hydrogens is 240 g/mol. The summed E-state index contributed by atoms with van der Waals surface area (Å²) in [6, 6.07) is 6.35. The highest BCUT2D eigenvalue weighted by atomic mass is 32.1. The lowest BCUT2D eigenvalue weighted by atomic mass is 9.95. The molecule has 0 aliphatic carbocycles. The molecule has 0 radical (unpaired) electrons. The SMILES string of the molecule is CCC1CNC(C)CN1C(c1cccs1)C(C)C. The van der Waals surface area contributed by atoms with E-state index < -0.39 is 0 Å². The molecule has 2 heterocycles. The number of rotatable bonds is 4. The van der Waals surface area contributed by atoms with E-state index in [1.807, 2.05) is 11.3 Å². The van der Waals surface area contributed by atoms with E-state index in [0.717, 1.165) is 6.54 Å². The minimum absolute atomic E-state index is 0.583. The molecule has 18 heavy (non-hydrogen) atoms. The largest absolute Gasteiger partial charge is 0.311 e. The first-order valence-corrected chi connectivity index (χ1v) is 8.04. The molecule has 1 fully saturated rings. The van der Waals surface area contributed by atoms with Crippen LogP contribution in [0.25, 0.3) is 0 Å². The summed E-state index contributed by atoms with van der Waals surface area (Å²) in [5.74, 6) is 0.669. The molecule has 1 aliphatic rings. The molecule has 0 saturated carbocycles. The maximum atomic E-state index is 3.61. The Hall–Kier alpha value is -0.380. The molecule has 1 aromatic rings. The van der Waals surface area contributed by atoms with Crippen LogP contribution in [0.1, 0.15) is 45.0 Å². The molecule has 1 saturated heterocycles. The topological polar surface area (TPSA) is 15.3 Å². The average Bonchev–Trinajstić information content (AvgIpc) is 2.83. The van der Waals surface area contributed by atoms with Crippen LogP contribution in [-0.2, 0) is 0 Å². The minimum Gasteiger partial charge on any atom is -0.311 e. The van der Waals surface area contributed by atoms with Gasteiger partial charge >= 0.3 is 0 Å². The standard InChI is InChI=1S/C15H26N2S/c1-5-13-9-16-12(4)10-17(13)15(11(2)3)14-7-6-8-18-14/h6-8,11-13,15-16H,5,9-10H2,1-4H3. The Kier molecular flexibility index (Phi) is 4.82. The predicted octanol–water partition coefficient (Wildman–Crippen LogP) is 3.52. The van der Waals surface area contributed by atoms with Gasteiger partial charge in [-0.25, -0.2) is 0 Å². The van der Waals surface area contributed by atoms with Crippen LogP contribution < -0.4 is 5.32 Å². The average molecular weight is 266 g/mol. The Labute approximate surface area is 115 Å². The van der Waals surface area contributed by atoms with Crippen molar-refractivity contribution in [2.45, 2.75) is 52.2 Å². The first-order chi connectivity index (χ1) is 8.63. The van der Waals surface area contributed by atoms with Gasteiger partial charge in [0.1, 0.15) is 0 Å². The number of piperazine rings is 1. The third kappa shape index (κ3) is 2.95. The smallest absolute Gasteiger partial charge is 0.0468 e. The van der Waals surface area contributed by atoms with Crippen LogP contribution in [0.2, 0.25) is 0 Å². The highest BCUT2D eigenvalue weighted by Crippen LogP contribution is 2.34. The van der Waals surface area contributed by atoms with Gasteiger partial charge in [-0.05, 0) is 30.7 Å². The van der Waals surface area contributed by atoms with E-state index in [0.29, 0.717) is 24.0 Å². The van der Waals surface area contributed by atoms with E-state index in [1.54, 1.807) is 0 Å². The van der Waals surface area contributed by atoms with Crippen molar-refractivity contribution in [3.05, 3.63) is 22.4 Å². The summed E-state index contributed by atoms with van der Waals surface area (Å²) in [7, 11) is 0. The second-order valence-corrected chi connectivity index (χ2v) is 6.75. The summed E-state index contributed by atoms with van der Waals surface area (Å²) in [6.45, 7) is 11.6. The molecule has 0 bridgehead atoms. The second kappa shape index (κ2) is 6.18. The molecule has 0 amide bonds. The van der Waals surface area contributed by atoms with E-state index in [2.05, 4.69) is 55.4 Å². The summed E-state index contributed by atoms with van der Waals surface area (Å²) in [5, 5.41) is 5.82. The normalized spacial score (nSPS) is 27.6. The Balaban J connectivity index is 2.23. The predicted molar refractivity (Wildman–Crippen MR) is 80.1 cm³/mol. The monoisotopic (exact) mass is 266 g/mol. The van der Waals surface area contributed by atoms with Gasteiger partial charge in [-0.2, -0.15) is 0 Å². The molecule has 3 unspecified atom stereocenters. The van der Waals surface area contributed by atoms with Gasteiger partial charge in [0.25, 0.3) is 0 Å². The van der Waals surface area contributed by atoms with E-state index in [-0.39, 0.29) is 0 Å². The van der Waals surface area contributed by atoms with Crippen molar-refractivity contribution in [1.82, 2.24) is 10.2 Å². The van der Waals surface area contributed by atoms with Crippen molar-refractivity contribution >= 4 is 11.3 Å². The van der Waals surface area contributed by atoms with Gasteiger partial charge in [-0.15, -0.1) is 11.3 Å². The van der Waals surface area contributed by atoms with Crippen LogP contribution in [0.3, 0.4) is 0 Å². The Bertz CT molecular complexity index is 347. The van der Waals surface area contributed by atoms with E-state index in [9.17, 15) is 0 Å². The summed E-state index contributed by atoms with van der Waals surface area (Å²) in [4.78, 5) is 4.26. The van der Waals surface area contributed by atoms with E-state index >= 15 is 0 Å². The third-order valence-electron chi connectivity index (χ3n) is 3.95. The zero-order valence-corrected chi connectivity index (χ0v) is 12.8. The zero-order valence-electron chi connectivity index (χ0n) is 12.0. The number of thiophene rings is 1. The molecular formula is C15H26N2S. The van der Waals surface area contributed by atoms with Crippen molar-refractivity contribution in [1.29, 1.82) is 0 Å². The lowest BCUT2D eigenvalue weighted by Crippen LogP contribution is -2.56. The summed E-state index contributed by atoms with van der Waals surface area (Å²) < 4.78 is 0. The number of nitrogens with zero attached hydrogens (tertiary/aromatic N) is 1. The van der Waals surface area contributed by atoms with Crippen LogP contribution in [0.4, 0.5) is 0 Å². The molecule has 2 nitrogen and oxygen atoms in total. The molecule has 0 spiro atoms. The number of hydrogen-bond donors (Lipinski definition) is 1.